The van der Waals surface area contributed by atoms with Gasteiger partial charge in [-0.25, -0.2) is 4.79 Å². The quantitative estimate of drug-likeness (QED) is 0.774. The molecule has 5 nitrogen and oxygen atoms in total. The Kier molecular flexibility index (Phi) is 5.44. The van der Waals surface area contributed by atoms with Crippen LogP contribution >= 0.6 is 0 Å². The number of fused-ring (bicyclic) bond motifs is 1. The minimum atomic E-state index is -1.74. The van der Waals surface area contributed by atoms with Gasteiger partial charge in [-0.3, -0.25) is 0 Å². The number of amides is 1. The van der Waals surface area contributed by atoms with Gasteiger partial charge in [0.05, 0.1) is 25.4 Å². The summed E-state index contributed by atoms with van der Waals surface area (Å²) in [6.07, 6.45) is 0.921. The van der Waals surface area contributed by atoms with Gasteiger partial charge < -0.3 is 19.2 Å². The number of carbonyl (C=O) groups excluding carboxylic acids is 1. The molecule has 1 N–H and O–H groups in total. The first-order valence-corrected chi connectivity index (χ1v) is 12.0. The highest BCUT2D eigenvalue weighted by Gasteiger charge is 2.53. The summed E-state index contributed by atoms with van der Waals surface area (Å²) in [4.78, 5) is 11.9. The number of ether oxygens (including phenoxy) is 2. The third kappa shape index (κ3) is 4.96. The van der Waals surface area contributed by atoms with Crippen molar-refractivity contribution in [3.8, 4) is 0 Å². The number of hydrogen-bond donors (Lipinski definition) is 1. The molecule has 4 atom stereocenters. The molecule has 1 saturated heterocycles. The molecule has 0 aromatic heterocycles. The molecule has 2 rings (SSSR count). The molecule has 1 saturated carbocycles. The Hall–Kier alpha value is -0.593. The Bertz CT molecular complexity index is 467. The van der Waals surface area contributed by atoms with Gasteiger partial charge in [0.1, 0.15) is 5.60 Å². The third-order valence-corrected chi connectivity index (χ3v) is 9.99. The van der Waals surface area contributed by atoms with E-state index in [-0.39, 0.29) is 23.3 Å². The van der Waals surface area contributed by atoms with Gasteiger partial charge >= 0.3 is 6.09 Å². The van der Waals surface area contributed by atoms with E-state index in [1.165, 1.54) is 0 Å². The molecule has 1 heterocycles. The Morgan fingerprint density at radius 3 is 2.33 bits per heavy atom. The van der Waals surface area contributed by atoms with Gasteiger partial charge in [0.15, 0.2) is 8.32 Å². The highest BCUT2D eigenvalue weighted by Crippen LogP contribution is 2.48. The second-order valence-electron chi connectivity index (χ2n) is 9.76. The van der Waals surface area contributed by atoms with Crippen LogP contribution in [0, 0.1) is 11.8 Å². The van der Waals surface area contributed by atoms with E-state index in [0.717, 1.165) is 6.42 Å². The SMILES string of the molecule is CC(C)(C)OC(=O)NC1CO[C@H](CO[Si](C)(C)C(C)(C)C)[C@H]2CC12. The number of rotatable bonds is 4. The molecule has 0 radical (unpaired) electrons. The fourth-order valence-electron chi connectivity index (χ4n) is 2.89. The molecule has 0 spiro atoms. The maximum Gasteiger partial charge on any atom is 0.407 e. The molecule has 24 heavy (non-hydrogen) atoms. The van der Waals surface area contributed by atoms with E-state index in [1.54, 1.807) is 0 Å². The lowest BCUT2D eigenvalue weighted by atomic mass is 10.1. The number of carbonyl (C=O) groups is 1. The Morgan fingerprint density at radius 1 is 1.17 bits per heavy atom. The lowest BCUT2D eigenvalue weighted by Crippen LogP contribution is -2.49. The summed E-state index contributed by atoms with van der Waals surface area (Å²) in [5.74, 6) is 1.00. The van der Waals surface area contributed by atoms with Crippen LogP contribution in [0.4, 0.5) is 4.79 Å². The lowest BCUT2D eigenvalue weighted by Gasteiger charge is -2.38. The number of nitrogens with one attached hydrogen (secondary N) is 1. The Labute approximate surface area is 147 Å². The van der Waals surface area contributed by atoms with Crippen LogP contribution in [0.25, 0.3) is 0 Å². The van der Waals surface area contributed by atoms with Crippen molar-refractivity contribution in [2.24, 2.45) is 11.8 Å². The van der Waals surface area contributed by atoms with Gasteiger partial charge in [0.2, 0.25) is 0 Å². The zero-order chi connectivity index (χ0) is 18.3. The lowest BCUT2D eigenvalue weighted by molar-refractivity contribution is -0.0383. The van der Waals surface area contributed by atoms with E-state index >= 15 is 0 Å². The normalized spacial score (nSPS) is 30.5. The summed E-state index contributed by atoms with van der Waals surface area (Å²) >= 11 is 0. The van der Waals surface area contributed by atoms with Gasteiger partial charge in [0.25, 0.3) is 0 Å². The van der Waals surface area contributed by atoms with Crippen LogP contribution in [0.1, 0.15) is 48.0 Å². The van der Waals surface area contributed by atoms with Gasteiger partial charge in [-0.05, 0) is 57.2 Å². The molecule has 0 aromatic carbocycles. The standard InChI is InChI=1S/C18H35NO4Si/c1-17(2,3)23-16(20)19-14-10-21-15(13-9-12(13)14)11-22-24(7,8)18(4,5)6/h12-15H,9-11H2,1-8H3,(H,19,20)/t12?,13-,14?,15+/m0/s1. The Balaban J connectivity index is 1.79. The van der Waals surface area contributed by atoms with Crippen molar-refractivity contribution in [3.63, 3.8) is 0 Å². The second kappa shape index (κ2) is 6.61. The van der Waals surface area contributed by atoms with Crippen molar-refractivity contribution in [1.82, 2.24) is 5.32 Å². The number of hydrogen-bond acceptors (Lipinski definition) is 4. The van der Waals surface area contributed by atoms with Gasteiger partial charge in [-0.1, -0.05) is 20.8 Å². The molecule has 1 aliphatic carbocycles. The summed E-state index contributed by atoms with van der Waals surface area (Å²) in [7, 11) is -1.74. The van der Waals surface area contributed by atoms with Crippen LogP contribution in [-0.4, -0.2) is 45.4 Å². The molecular weight excluding hydrogens is 322 g/mol. The molecular formula is C18H35NO4Si. The monoisotopic (exact) mass is 357 g/mol. The average molecular weight is 358 g/mol. The predicted molar refractivity (Wildman–Crippen MR) is 97.6 cm³/mol. The van der Waals surface area contributed by atoms with Crippen molar-refractivity contribution in [2.45, 2.75) is 83.8 Å². The van der Waals surface area contributed by atoms with Crippen LogP contribution in [0.15, 0.2) is 0 Å². The maximum absolute atomic E-state index is 11.9. The largest absolute Gasteiger partial charge is 0.444 e. The van der Waals surface area contributed by atoms with Gasteiger partial charge in [0, 0.05) is 0 Å². The smallest absolute Gasteiger partial charge is 0.407 e. The van der Waals surface area contributed by atoms with Crippen molar-refractivity contribution in [2.75, 3.05) is 13.2 Å². The van der Waals surface area contributed by atoms with Crippen LogP contribution in [0.3, 0.4) is 0 Å². The van der Waals surface area contributed by atoms with Crippen molar-refractivity contribution >= 4 is 14.4 Å². The summed E-state index contributed by atoms with van der Waals surface area (Å²) in [6.45, 7) is 18.1. The summed E-state index contributed by atoms with van der Waals surface area (Å²) in [5, 5.41) is 3.18. The zero-order valence-corrected chi connectivity index (χ0v) is 17.6. The first-order valence-electron chi connectivity index (χ1n) is 9.05. The number of alkyl carbamates (subject to hydrolysis) is 1. The van der Waals surface area contributed by atoms with E-state index in [4.69, 9.17) is 13.9 Å². The van der Waals surface area contributed by atoms with E-state index in [1.807, 2.05) is 20.8 Å². The summed E-state index contributed by atoms with van der Waals surface area (Å²) in [6, 6.07) is 0.0639. The molecule has 2 aliphatic rings. The van der Waals surface area contributed by atoms with Crippen molar-refractivity contribution < 1.29 is 18.7 Å². The van der Waals surface area contributed by atoms with Gasteiger partial charge in [-0.15, -0.1) is 0 Å². The molecule has 1 amide bonds. The molecule has 0 aromatic rings. The first kappa shape index (κ1) is 19.7. The topological polar surface area (TPSA) is 56.8 Å². The highest BCUT2D eigenvalue weighted by atomic mass is 28.4. The summed E-state index contributed by atoms with van der Waals surface area (Å²) < 4.78 is 17.7. The highest BCUT2D eigenvalue weighted by molar-refractivity contribution is 6.74. The third-order valence-electron chi connectivity index (χ3n) is 5.49. The van der Waals surface area contributed by atoms with E-state index in [2.05, 4.69) is 39.2 Å². The van der Waals surface area contributed by atoms with Crippen molar-refractivity contribution in [3.05, 3.63) is 0 Å². The molecule has 2 unspecified atom stereocenters. The molecule has 1 aliphatic heterocycles. The minimum absolute atomic E-state index is 0.0639. The van der Waals surface area contributed by atoms with Crippen LogP contribution in [0.2, 0.25) is 18.1 Å². The van der Waals surface area contributed by atoms with Crippen LogP contribution < -0.4 is 5.32 Å². The predicted octanol–water partition coefficient (Wildman–Crippen LogP) is 3.94. The first-order chi connectivity index (χ1) is 10.8. The molecule has 140 valence electrons. The van der Waals surface area contributed by atoms with Gasteiger partial charge in [-0.2, -0.15) is 0 Å². The van der Waals surface area contributed by atoms with E-state index < -0.39 is 13.9 Å². The molecule has 2 fully saturated rings. The fraction of sp³-hybridized carbons (Fsp3) is 0.944. The van der Waals surface area contributed by atoms with E-state index in [9.17, 15) is 4.79 Å². The molecule has 6 heteroatoms. The maximum atomic E-state index is 11.9. The second-order valence-corrected chi connectivity index (χ2v) is 14.6. The summed E-state index contributed by atoms with van der Waals surface area (Å²) in [5.41, 5.74) is -0.470. The zero-order valence-electron chi connectivity index (χ0n) is 16.6. The van der Waals surface area contributed by atoms with E-state index in [0.29, 0.717) is 25.0 Å². The van der Waals surface area contributed by atoms with Crippen LogP contribution in [-0.2, 0) is 13.9 Å². The minimum Gasteiger partial charge on any atom is -0.444 e. The Morgan fingerprint density at radius 2 is 1.79 bits per heavy atom. The fourth-order valence-corrected chi connectivity index (χ4v) is 3.90. The average Bonchev–Trinajstić information content (AvgIpc) is 3.14. The molecule has 0 bridgehead atoms. The van der Waals surface area contributed by atoms with Crippen LogP contribution in [0.5, 0.6) is 0 Å². The van der Waals surface area contributed by atoms with Crippen molar-refractivity contribution in [1.29, 1.82) is 0 Å².